The number of carbonyl (C=O) groups excluding carboxylic acids is 1. The molecule has 0 saturated carbocycles. The van der Waals surface area contributed by atoms with Gasteiger partial charge in [-0.2, -0.15) is 0 Å². The zero-order valence-corrected chi connectivity index (χ0v) is 12.2. The Morgan fingerprint density at radius 2 is 2.14 bits per heavy atom. The van der Waals surface area contributed by atoms with Gasteiger partial charge in [0.2, 0.25) is 0 Å². The summed E-state index contributed by atoms with van der Waals surface area (Å²) < 4.78 is 0. The summed E-state index contributed by atoms with van der Waals surface area (Å²) in [5, 5.41) is 18.8. The zero-order chi connectivity index (χ0) is 15.6. The van der Waals surface area contributed by atoms with Gasteiger partial charge in [0.15, 0.2) is 0 Å². The lowest BCUT2D eigenvalue weighted by Crippen LogP contribution is -2.43. The van der Waals surface area contributed by atoms with Gasteiger partial charge in [-0.15, -0.1) is 0 Å². The molecule has 0 spiro atoms. The number of likely N-dealkylation sites (tertiary alicyclic amines) is 1. The summed E-state index contributed by atoms with van der Waals surface area (Å²) in [5.41, 5.74) is -0.278. The van der Waals surface area contributed by atoms with E-state index in [1.54, 1.807) is 30.0 Å². The van der Waals surface area contributed by atoms with Gasteiger partial charge in [-0.1, -0.05) is 6.07 Å². The third-order valence-corrected chi connectivity index (χ3v) is 3.95. The number of phenolic OH excluding ortho intramolecular Hbond substituents is 1. The van der Waals surface area contributed by atoms with E-state index in [0.717, 1.165) is 0 Å². The van der Waals surface area contributed by atoms with E-state index < -0.39 is 11.4 Å². The molecule has 0 aromatic heterocycles. The van der Waals surface area contributed by atoms with Crippen LogP contribution in [-0.2, 0) is 4.79 Å². The molecule has 2 amide bonds. The minimum atomic E-state index is -0.881. The van der Waals surface area contributed by atoms with Crippen molar-refractivity contribution in [3.05, 3.63) is 24.3 Å². The zero-order valence-electron chi connectivity index (χ0n) is 12.2. The molecule has 1 saturated heterocycles. The Hall–Kier alpha value is -2.24. The van der Waals surface area contributed by atoms with Crippen LogP contribution >= 0.6 is 0 Å². The van der Waals surface area contributed by atoms with E-state index in [-0.39, 0.29) is 18.3 Å². The number of anilines is 1. The number of rotatable bonds is 3. The first kappa shape index (κ1) is 15.2. The van der Waals surface area contributed by atoms with Crippen molar-refractivity contribution in [2.24, 2.45) is 5.41 Å². The summed E-state index contributed by atoms with van der Waals surface area (Å²) in [6.07, 6.45) is 0.450. The molecule has 21 heavy (non-hydrogen) atoms. The Morgan fingerprint density at radius 3 is 2.67 bits per heavy atom. The first-order valence-electron chi connectivity index (χ1n) is 6.96. The molecule has 114 valence electrons. The molecule has 6 nitrogen and oxygen atoms in total. The molecular weight excluding hydrogens is 272 g/mol. The van der Waals surface area contributed by atoms with Gasteiger partial charge in [-0.25, -0.2) is 4.79 Å². The van der Waals surface area contributed by atoms with Gasteiger partial charge in [-0.05, 0) is 32.4 Å². The Balaban J connectivity index is 2.17. The summed E-state index contributed by atoms with van der Waals surface area (Å²) >= 11 is 0. The van der Waals surface area contributed by atoms with Gasteiger partial charge in [0.05, 0.1) is 5.41 Å². The molecule has 1 aromatic carbocycles. The molecule has 1 aromatic rings. The predicted molar refractivity (Wildman–Crippen MR) is 78.5 cm³/mol. The van der Waals surface area contributed by atoms with Gasteiger partial charge >= 0.3 is 12.0 Å². The number of carboxylic acids is 1. The van der Waals surface area contributed by atoms with Crippen molar-refractivity contribution in [1.82, 2.24) is 4.90 Å². The van der Waals surface area contributed by atoms with Crippen LogP contribution in [0.1, 0.15) is 20.3 Å². The van der Waals surface area contributed by atoms with E-state index in [0.29, 0.717) is 25.2 Å². The average molecular weight is 292 g/mol. The molecule has 6 heteroatoms. The van der Waals surface area contributed by atoms with Gasteiger partial charge in [0.25, 0.3) is 0 Å². The fourth-order valence-corrected chi connectivity index (χ4v) is 2.56. The number of amides is 2. The number of hydrogen-bond acceptors (Lipinski definition) is 3. The fraction of sp³-hybridized carbons (Fsp3) is 0.467. The molecule has 0 bridgehead atoms. The largest absolute Gasteiger partial charge is 0.508 e. The molecule has 1 aliphatic rings. The lowest BCUT2D eigenvalue weighted by atomic mass is 9.90. The SMILES string of the molecule is CCN(C(=O)N1CCC(C)(C(=O)O)C1)c1cccc(O)c1. The van der Waals surface area contributed by atoms with Crippen LogP contribution in [-0.4, -0.2) is 46.7 Å². The second-order valence-corrected chi connectivity index (χ2v) is 5.58. The molecule has 1 unspecified atom stereocenters. The van der Waals surface area contributed by atoms with Crippen LogP contribution in [0, 0.1) is 5.41 Å². The Kier molecular flexibility index (Phi) is 4.06. The van der Waals surface area contributed by atoms with Gasteiger partial charge in [0, 0.05) is 31.4 Å². The Morgan fingerprint density at radius 1 is 1.43 bits per heavy atom. The van der Waals surface area contributed by atoms with Crippen LogP contribution < -0.4 is 4.90 Å². The monoisotopic (exact) mass is 292 g/mol. The highest BCUT2D eigenvalue weighted by molar-refractivity contribution is 5.93. The standard InChI is InChI=1S/C15H20N2O4/c1-3-17(11-5-4-6-12(18)9-11)14(21)16-8-7-15(2,10-16)13(19)20/h4-6,9,18H,3,7-8,10H2,1-2H3,(H,19,20). The number of carboxylic acid groups (broad SMARTS) is 1. The smallest absolute Gasteiger partial charge is 0.324 e. The van der Waals surface area contributed by atoms with Crippen molar-refractivity contribution in [3.63, 3.8) is 0 Å². The first-order chi connectivity index (χ1) is 9.87. The van der Waals surface area contributed by atoms with Gasteiger partial charge in [0.1, 0.15) is 5.75 Å². The highest BCUT2D eigenvalue weighted by atomic mass is 16.4. The van der Waals surface area contributed by atoms with Crippen LogP contribution in [0.4, 0.5) is 10.5 Å². The number of aliphatic carboxylic acids is 1. The second-order valence-electron chi connectivity index (χ2n) is 5.58. The van der Waals surface area contributed by atoms with Crippen molar-refractivity contribution < 1.29 is 19.8 Å². The van der Waals surface area contributed by atoms with E-state index in [2.05, 4.69) is 0 Å². The summed E-state index contributed by atoms with van der Waals surface area (Å²) in [7, 11) is 0. The average Bonchev–Trinajstić information content (AvgIpc) is 2.84. The summed E-state index contributed by atoms with van der Waals surface area (Å²) in [4.78, 5) is 26.9. The molecular formula is C15H20N2O4. The van der Waals surface area contributed by atoms with Crippen molar-refractivity contribution in [2.45, 2.75) is 20.3 Å². The molecule has 2 rings (SSSR count). The maximum atomic E-state index is 12.6. The van der Waals surface area contributed by atoms with Gasteiger partial charge < -0.3 is 15.1 Å². The summed E-state index contributed by atoms with van der Waals surface area (Å²) in [5.74, 6) is -0.784. The molecule has 0 radical (unpaired) electrons. The number of urea groups is 1. The van der Waals surface area contributed by atoms with Crippen molar-refractivity contribution in [3.8, 4) is 5.75 Å². The fourth-order valence-electron chi connectivity index (χ4n) is 2.56. The molecule has 1 heterocycles. The van der Waals surface area contributed by atoms with Gasteiger partial charge in [-0.3, -0.25) is 9.69 Å². The minimum absolute atomic E-state index is 0.0931. The number of nitrogens with zero attached hydrogens (tertiary/aromatic N) is 2. The number of benzene rings is 1. The summed E-state index contributed by atoms with van der Waals surface area (Å²) in [6.45, 7) is 4.58. The van der Waals surface area contributed by atoms with Crippen molar-refractivity contribution >= 4 is 17.7 Å². The molecule has 1 atom stereocenters. The van der Waals surface area contributed by atoms with E-state index in [4.69, 9.17) is 0 Å². The normalized spacial score (nSPS) is 21.3. The summed E-state index contributed by atoms with van der Waals surface area (Å²) in [6, 6.07) is 6.25. The third kappa shape index (κ3) is 2.94. The first-order valence-corrected chi connectivity index (χ1v) is 6.96. The highest BCUT2D eigenvalue weighted by Crippen LogP contribution is 2.31. The maximum absolute atomic E-state index is 12.6. The number of phenols is 1. The topological polar surface area (TPSA) is 81.1 Å². The number of aromatic hydroxyl groups is 1. The van der Waals surface area contributed by atoms with Crippen LogP contribution in [0.15, 0.2) is 24.3 Å². The third-order valence-electron chi connectivity index (χ3n) is 3.95. The van der Waals surface area contributed by atoms with E-state index in [1.165, 1.54) is 11.0 Å². The molecule has 1 fully saturated rings. The maximum Gasteiger partial charge on any atom is 0.324 e. The van der Waals surface area contributed by atoms with Crippen LogP contribution in [0.25, 0.3) is 0 Å². The quantitative estimate of drug-likeness (QED) is 0.894. The minimum Gasteiger partial charge on any atom is -0.508 e. The lowest BCUT2D eigenvalue weighted by Gasteiger charge is -2.28. The van der Waals surface area contributed by atoms with E-state index in [9.17, 15) is 19.8 Å². The van der Waals surface area contributed by atoms with Crippen LogP contribution in [0.3, 0.4) is 0 Å². The Labute approximate surface area is 123 Å². The van der Waals surface area contributed by atoms with E-state index in [1.807, 2.05) is 6.92 Å². The van der Waals surface area contributed by atoms with Crippen molar-refractivity contribution in [2.75, 3.05) is 24.5 Å². The van der Waals surface area contributed by atoms with Crippen molar-refractivity contribution in [1.29, 1.82) is 0 Å². The molecule has 0 aliphatic carbocycles. The van der Waals surface area contributed by atoms with Crippen LogP contribution in [0.2, 0.25) is 0 Å². The predicted octanol–water partition coefficient (Wildman–Crippen LogP) is 2.14. The Bertz CT molecular complexity index is 560. The second kappa shape index (κ2) is 5.63. The molecule has 1 aliphatic heterocycles. The van der Waals surface area contributed by atoms with E-state index >= 15 is 0 Å². The highest BCUT2D eigenvalue weighted by Gasteiger charge is 2.43. The van der Waals surface area contributed by atoms with Crippen LogP contribution in [0.5, 0.6) is 5.75 Å². The number of carbonyl (C=O) groups is 2. The molecule has 2 N–H and O–H groups in total. The lowest BCUT2D eigenvalue weighted by molar-refractivity contribution is -0.146. The number of hydrogen-bond donors (Lipinski definition) is 2.